The zero-order chi connectivity index (χ0) is 14.7. The second-order valence-electron chi connectivity index (χ2n) is 6.15. The Morgan fingerprint density at radius 3 is 2.67 bits per heavy atom. The van der Waals surface area contributed by atoms with Crippen molar-refractivity contribution in [3.05, 3.63) is 28.8 Å². The normalized spacial score (nSPS) is 26.5. The fraction of sp³-hybridized carbons (Fsp3) is 0.588. The van der Waals surface area contributed by atoms with Gasteiger partial charge < -0.3 is 5.32 Å². The van der Waals surface area contributed by atoms with Gasteiger partial charge in [-0.3, -0.25) is 4.90 Å². The molecular weight excluding hydrogens is 282 g/mol. The third kappa shape index (κ3) is 3.33. The zero-order valence-corrected chi connectivity index (χ0v) is 13.1. The number of halogens is 1. The molecule has 1 aliphatic carbocycles. The van der Waals surface area contributed by atoms with E-state index < -0.39 is 0 Å². The largest absolute Gasteiger partial charge is 0.380 e. The third-order valence-electron chi connectivity index (χ3n) is 4.78. The number of anilines is 1. The van der Waals surface area contributed by atoms with Crippen LogP contribution in [0.3, 0.4) is 0 Å². The maximum Gasteiger partial charge on any atom is 0.101 e. The highest BCUT2D eigenvalue weighted by molar-refractivity contribution is 6.30. The van der Waals surface area contributed by atoms with E-state index in [0.29, 0.717) is 22.7 Å². The first-order valence-corrected chi connectivity index (χ1v) is 8.36. The summed E-state index contributed by atoms with van der Waals surface area (Å²) in [6.07, 6.45) is 7.68. The summed E-state index contributed by atoms with van der Waals surface area (Å²) in [5, 5.41) is 13.6. The molecule has 1 saturated carbocycles. The molecule has 0 amide bonds. The van der Waals surface area contributed by atoms with Crippen LogP contribution in [-0.2, 0) is 0 Å². The molecule has 2 aliphatic rings. The van der Waals surface area contributed by atoms with Crippen LogP contribution in [0.2, 0.25) is 5.02 Å². The first kappa shape index (κ1) is 14.7. The fourth-order valence-corrected chi connectivity index (χ4v) is 3.90. The van der Waals surface area contributed by atoms with Crippen molar-refractivity contribution >= 4 is 17.3 Å². The molecule has 1 saturated heterocycles. The van der Waals surface area contributed by atoms with Crippen molar-refractivity contribution in [2.75, 3.05) is 18.4 Å². The molecular formula is C17H22ClN3. The molecule has 2 fully saturated rings. The summed E-state index contributed by atoms with van der Waals surface area (Å²) in [7, 11) is 0. The van der Waals surface area contributed by atoms with Crippen molar-refractivity contribution in [2.45, 2.75) is 50.6 Å². The first-order chi connectivity index (χ1) is 10.3. The average molecular weight is 304 g/mol. The number of rotatable bonds is 3. The van der Waals surface area contributed by atoms with Crippen LogP contribution in [0.1, 0.15) is 44.1 Å². The van der Waals surface area contributed by atoms with Gasteiger partial charge in [-0.05, 0) is 57.0 Å². The Bertz CT molecular complexity index is 531. The van der Waals surface area contributed by atoms with Crippen LogP contribution in [0, 0.1) is 11.3 Å². The van der Waals surface area contributed by atoms with E-state index >= 15 is 0 Å². The molecule has 2 atom stereocenters. The van der Waals surface area contributed by atoms with E-state index in [0.717, 1.165) is 5.69 Å². The van der Waals surface area contributed by atoms with Gasteiger partial charge in [-0.15, -0.1) is 0 Å². The average Bonchev–Trinajstić information content (AvgIpc) is 3.02. The van der Waals surface area contributed by atoms with Gasteiger partial charge in [0.1, 0.15) is 6.07 Å². The van der Waals surface area contributed by atoms with E-state index in [-0.39, 0.29) is 0 Å². The number of benzene rings is 1. The summed E-state index contributed by atoms with van der Waals surface area (Å²) in [6, 6.07) is 8.77. The smallest absolute Gasteiger partial charge is 0.101 e. The number of nitrogens with zero attached hydrogens (tertiary/aromatic N) is 2. The third-order valence-corrected chi connectivity index (χ3v) is 5.02. The predicted molar refractivity (Wildman–Crippen MR) is 86.6 cm³/mol. The van der Waals surface area contributed by atoms with Crippen LogP contribution < -0.4 is 5.32 Å². The number of hydrogen-bond acceptors (Lipinski definition) is 3. The van der Waals surface area contributed by atoms with Crippen LogP contribution in [0.15, 0.2) is 18.2 Å². The van der Waals surface area contributed by atoms with E-state index in [1.54, 1.807) is 12.1 Å². The highest BCUT2D eigenvalue weighted by Crippen LogP contribution is 2.30. The molecule has 112 valence electrons. The lowest BCUT2D eigenvalue weighted by Crippen LogP contribution is -2.47. The number of likely N-dealkylation sites (tertiary alicyclic amines) is 1. The van der Waals surface area contributed by atoms with E-state index in [2.05, 4.69) is 16.3 Å². The first-order valence-electron chi connectivity index (χ1n) is 7.98. The molecule has 1 aromatic rings. The van der Waals surface area contributed by atoms with Crippen LogP contribution in [0.5, 0.6) is 0 Å². The van der Waals surface area contributed by atoms with E-state index in [4.69, 9.17) is 11.6 Å². The number of hydrogen-bond donors (Lipinski definition) is 1. The standard InChI is InChI=1S/C17H22ClN3/c18-14-8-7-13(12-19)16(11-14)20-15-5-1-2-6-17(15)21-9-3-4-10-21/h7-8,11,15,17,20H,1-6,9-10H2/t15-,17+/m1/s1. The quantitative estimate of drug-likeness (QED) is 0.916. The van der Waals surface area contributed by atoms with Crippen LogP contribution >= 0.6 is 11.6 Å². The molecule has 4 heteroatoms. The lowest BCUT2D eigenvalue weighted by molar-refractivity contribution is 0.177. The summed E-state index contributed by atoms with van der Waals surface area (Å²) in [6.45, 7) is 2.45. The highest BCUT2D eigenvalue weighted by Gasteiger charge is 2.31. The molecule has 21 heavy (non-hydrogen) atoms. The van der Waals surface area contributed by atoms with Crippen molar-refractivity contribution in [3.8, 4) is 6.07 Å². The molecule has 0 unspecified atom stereocenters. The van der Waals surface area contributed by atoms with Gasteiger partial charge in [-0.1, -0.05) is 24.4 Å². The minimum absolute atomic E-state index is 0.433. The molecule has 3 nitrogen and oxygen atoms in total. The summed E-state index contributed by atoms with van der Waals surface area (Å²) in [4.78, 5) is 2.63. The Kier molecular flexibility index (Phi) is 4.67. The van der Waals surface area contributed by atoms with Gasteiger partial charge in [-0.2, -0.15) is 5.26 Å². The van der Waals surface area contributed by atoms with Gasteiger partial charge in [-0.25, -0.2) is 0 Å². The lowest BCUT2D eigenvalue weighted by Gasteiger charge is -2.39. The fourth-order valence-electron chi connectivity index (χ4n) is 3.72. The maximum atomic E-state index is 9.27. The van der Waals surface area contributed by atoms with Gasteiger partial charge >= 0.3 is 0 Å². The van der Waals surface area contributed by atoms with Crippen LogP contribution in [-0.4, -0.2) is 30.1 Å². The van der Waals surface area contributed by atoms with Crippen molar-refractivity contribution in [1.29, 1.82) is 5.26 Å². The summed E-state index contributed by atoms with van der Waals surface area (Å²) in [5.74, 6) is 0. The molecule has 1 heterocycles. The Morgan fingerprint density at radius 2 is 1.90 bits per heavy atom. The second-order valence-corrected chi connectivity index (χ2v) is 6.58. The molecule has 1 aromatic carbocycles. The van der Waals surface area contributed by atoms with Crippen LogP contribution in [0.4, 0.5) is 5.69 Å². The minimum atomic E-state index is 0.433. The predicted octanol–water partition coefficient (Wildman–Crippen LogP) is 4.03. The molecule has 0 bridgehead atoms. The summed E-state index contributed by atoms with van der Waals surface area (Å²) >= 11 is 6.10. The molecule has 3 rings (SSSR count). The molecule has 0 radical (unpaired) electrons. The minimum Gasteiger partial charge on any atom is -0.380 e. The SMILES string of the molecule is N#Cc1ccc(Cl)cc1N[C@@H]1CCCC[C@@H]1N1CCCC1. The van der Waals surface area contributed by atoms with Crippen LogP contribution in [0.25, 0.3) is 0 Å². The molecule has 0 aromatic heterocycles. The van der Waals surface area contributed by atoms with E-state index in [9.17, 15) is 5.26 Å². The maximum absolute atomic E-state index is 9.27. The Balaban J connectivity index is 1.78. The molecule has 0 spiro atoms. The molecule has 1 N–H and O–H groups in total. The van der Waals surface area contributed by atoms with Crippen molar-refractivity contribution < 1.29 is 0 Å². The Hall–Kier alpha value is -1.24. The highest BCUT2D eigenvalue weighted by atomic mass is 35.5. The van der Waals surface area contributed by atoms with E-state index in [1.165, 1.54) is 51.6 Å². The Morgan fingerprint density at radius 1 is 1.14 bits per heavy atom. The van der Waals surface area contributed by atoms with Gasteiger partial charge in [0.2, 0.25) is 0 Å². The van der Waals surface area contributed by atoms with E-state index in [1.807, 2.05) is 6.07 Å². The second kappa shape index (κ2) is 6.68. The van der Waals surface area contributed by atoms with Crippen molar-refractivity contribution in [3.63, 3.8) is 0 Å². The number of nitriles is 1. The number of nitrogens with one attached hydrogen (secondary N) is 1. The summed E-state index contributed by atoms with van der Waals surface area (Å²) < 4.78 is 0. The van der Waals surface area contributed by atoms with Gasteiger partial charge in [0.05, 0.1) is 11.3 Å². The van der Waals surface area contributed by atoms with Gasteiger partial charge in [0.25, 0.3) is 0 Å². The van der Waals surface area contributed by atoms with Gasteiger partial charge in [0.15, 0.2) is 0 Å². The summed E-state index contributed by atoms with van der Waals surface area (Å²) in [5.41, 5.74) is 1.58. The topological polar surface area (TPSA) is 39.1 Å². The lowest BCUT2D eigenvalue weighted by atomic mass is 9.89. The van der Waals surface area contributed by atoms with Crippen molar-refractivity contribution in [1.82, 2.24) is 4.90 Å². The zero-order valence-electron chi connectivity index (χ0n) is 12.3. The van der Waals surface area contributed by atoms with Crippen molar-refractivity contribution in [2.24, 2.45) is 0 Å². The monoisotopic (exact) mass is 303 g/mol. The Labute approximate surface area is 131 Å². The van der Waals surface area contributed by atoms with Gasteiger partial charge in [0, 0.05) is 17.1 Å². The molecule has 1 aliphatic heterocycles.